The molecule has 2 saturated heterocycles. The number of halogens is 2. The van der Waals surface area contributed by atoms with Gasteiger partial charge in [0, 0.05) is 44.8 Å². The molecule has 2 aliphatic rings. The number of carbonyl (C=O) groups excluding carboxylic acids is 2. The molecule has 1 unspecified atom stereocenters. The summed E-state index contributed by atoms with van der Waals surface area (Å²) in [6, 6.07) is 9.95. The lowest BCUT2D eigenvalue weighted by atomic mass is 9.84. The molecule has 2 aromatic rings. The maximum atomic E-state index is 13.3. The SMILES string of the molecule is CC1(C(=O)N2CCN(C(=O)c3ccco3)CC2)CCN1Cc1ccccc1OC(F)F. The second-order valence-electron chi connectivity index (χ2n) is 7.99. The summed E-state index contributed by atoms with van der Waals surface area (Å²) in [7, 11) is 0. The number of benzene rings is 1. The molecule has 4 rings (SSSR count). The maximum Gasteiger partial charge on any atom is 0.387 e. The number of hydrogen-bond acceptors (Lipinski definition) is 5. The minimum atomic E-state index is -2.90. The van der Waals surface area contributed by atoms with Crippen LogP contribution in [0.2, 0.25) is 0 Å². The number of alkyl halides is 2. The van der Waals surface area contributed by atoms with Crippen molar-refractivity contribution in [3.05, 3.63) is 54.0 Å². The molecule has 2 aliphatic heterocycles. The molecular weight excluding hydrogens is 408 g/mol. The number of nitrogens with zero attached hydrogens (tertiary/aromatic N) is 3. The van der Waals surface area contributed by atoms with Gasteiger partial charge >= 0.3 is 6.61 Å². The van der Waals surface area contributed by atoms with Gasteiger partial charge in [-0.25, -0.2) is 0 Å². The van der Waals surface area contributed by atoms with E-state index in [0.717, 1.165) is 0 Å². The monoisotopic (exact) mass is 433 g/mol. The first-order valence-corrected chi connectivity index (χ1v) is 10.3. The number of amides is 2. The number of rotatable bonds is 6. The average Bonchev–Trinajstić information content (AvgIpc) is 3.31. The van der Waals surface area contributed by atoms with Gasteiger partial charge in [-0.1, -0.05) is 18.2 Å². The molecule has 1 aromatic heterocycles. The highest BCUT2D eigenvalue weighted by atomic mass is 19.3. The lowest BCUT2D eigenvalue weighted by Gasteiger charge is -2.52. The number of ether oxygens (including phenoxy) is 1. The smallest absolute Gasteiger partial charge is 0.387 e. The largest absolute Gasteiger partial charge is 0.459 e. The van der Waals surface area contributed by atoms with E-state index in [-0.39, 0.29) is 17.6 Å². The molecule has 31 heavy (non-hydrogen) atoms. The topological polar surface area (TPSA) is 66.2 Å². The van der Waals surface area contributed by atoms with Gasteiger partial charge in [0.2, 0.25) is 5.91 Å². The Morgan fingerprint density at radius 3 is 2.39 bits per heavy atom. The third kappa shape index (κ3) is 4.27. The van der Waals surface area contributed by atoms with E-state index in [1.165, 1.54) is 12.3 Å². The molecular formula is C22H25F2N3O4. The molecule has 1 aromatic carbocycles. The van der Waals surface area contributed by atoms with Gasteiger partial charge in [0.05, 0.1) is 11.8 Å². The first-order valence-electron chi connectivity index (χ1n) is 10.3. The van der Waals surface area contributed by atoms with Crippen LogP contribution in [0.5, 0.6) is 5.75 Å². The van der Waals surface area contributed by atoms with Crippen molar-refractivity contribution in [3.8, 4) is 5.75 Å². The van der Waals surface area contributed by atoms with E-state index in [2.05, 4.69) is 4.74 Å². The van der Waals surface area contributed by atoms with Crippen molar-refractivity contribution < 1.29 is 27.5 Å². The Labute approximate surface area is 179 Å². The molecule has 0 bridgehead atoms. The Balaban J connectivity index is 1.37. The molecule has 0 spiro atoms. The molecule has 1 atom stereocenters. The first kappa shape index (κ1) is 21.3. The summed E-state index contributed by atoms with van der Waals surface area (Å²) in [5.41, 5.74) is -0.0825. The summed E-state index contributed by atoms with van der Waals surface area (Å²) >= 11 is 0. The average molecular weight is 433 g/mol. The summed E-state index contributed by atoms with van der Waals surface area (Å²) in [5.74, 6) is 0.242. The summed E-state index contributed by atoms with van der Waals surface area (Å²) in [6.45, 7) is 1.80. The van der Waals surface area contributed by atoms with Crippen molar-refractivity contribution in [3.63, 3.8) is 0 Å². The van der Waals surface area contributed by atoms with Crippen LogP contribution in [-0.2, 0) is 11.3 Å². The minimum Gasteiger partial charge on any atom is -0.459 e. The van der Waals surface area contributed by atoms with Crippen LogP contribution in [-0.4, -0.2) is 71.4 Å². The van der Waals surface area contributed by atoms with Gasteiger partial charge in [0.1, 0.15) is 5.75 Å². The van der Waals surface area contributed by atoms with Crippen LogP contribution in [0.15, 0.2) is 47.1 Å². The van der Waals surface area contributed by atoms with E-state index in [1.807, 2.05) is 11.8 Å². The number of para-hydroxylation sites is 1. The molecule has 7 nitrogen and oxygen atoms in total. The highest BCUT2D eigenvalue weighted by Gasteiger charge is 2.49. The Morgan fingerprint density at radius 1 is 1.06 bits per heavy atom. The van der Waals surface area contributed by atoms with Gasteiger partial charge in [-0.15, -0.1) is 0 Å². The van der Waals surface area contributed by atoms with Crippen molar-refractivity contribution >= 4 is 11.8 Å². The second kappa shape index (κ2) is 8.66. The third-order valence-corrected chi connectivity index (χ3v) is 6.16. The van der Waals surface area contributed by atoms with Crippen molar-refractivity contribution in [2.75, 3.05) is 32.7 Å². The molecule has 2 fully saturated rings. The van der Waals surface area contributed by atoms with Crippen LogP contribution in [0.3, 0.4) is 0 Å². The number of carbonyl (C=O) groups is 2. The molecule has 166 valence electrons. The molecule has 0 aliphatic carbocycles. The zero-order valence-electron chi connectivity index (χ0n) is 17.3. The number of furan rings is 1. The summed E-state index contributed by atoms with van der Waals surface area (Å²) < 4.78 is 35.2. The molecule has 0 radical (unpaired) electrons. The molecule has 0 saturated carbocycles. The predicted molar refractivity (Wildman–Crippen MR) is 108 cm³/mol. The summed E-state index contributed by atoms with van der Waals surface area (Å²) in [6.07, 6.45) is 2.15. The minimum absolute atomic E-state index is 0.00360. The van der Waals surface area contributed by atoms with Crippen molar-refractivity contribution in [1.29, 1.82) is 0 Å². The maximum absolute atomic E-state index is 13.3. The van der Waals surface area contributed by atoms with Gasteiger partial charge in [-0.05, 0) is 31.5 Å². The van der Waals surface area contributed by atoms with Crippen LogP contribution >= 0.6 is 0 Å². The summed E-state index contributed by atoms with van der Waals surface area (Å²) in [5, 5.41) is 0. The highest BCUT2D eigenvalue weighted by molar-refractivity contribution is 5.92. The molecule has 9 heteroatoms. The van der Waals surface area contributed by atoms with Crippen LogP contribution in [0.25, 0.3) is 0 Å². The predicted octanol–water partition coefficient (Wildman–Crippen LogP) is 2.83. The second-order valence-corrected chi connectivity index (χ2v) is 7.99. The molecule has 3 heterocycles. The van der Waals surface area contributed by atoms with E-state index in [4.69, 9.17) is 4.42 Å². The zero-order chi connectivity index (χ0) is 22.0. The fraction of sp³-hybridized carbons (Fsp3) is 0.455. The Bertz CT molecular complexity index is 929. The van der Waals surface area contributed by atoms with Crippen LogP contribution in [0, 0.1) is 0 Å². The van der Waals surface area contributed by atoms with Crippen molar-refractivity contribution in [1.82, 2.24) is 14.7 Å². The van der Waals surface area contributed by atoms with E-state index in [0.29, 0.717) is 57.0 Å². The van der Waals surface area contributed by atoms with Crippen molar-refractivity contribution in [2.24, 2.45) is 0 Å². The van der Waals surface area contributed by atoms with Gasteiger partial charge in [-0.2, -0.15) is 8.78 Å². The Morgan fingerprint density at radius 2 is 1.77 bits per heavy atom. The van der Waals surface area contributed by atoms with Crippen molar-refractivity contribution in [2.45, 2.75) is 32.0 Å². The normalized spacial score (nSPS) is 21.8. The fourth-order valence-corrected chi connectivity index (χ4v) is 4.16. The molecule has 0 N–H and O–H groups in total. The van der Waals surface area contributed by atoms with Crippen LogP contribution < -0.4 is 4.74 Å². The Kier molecular flexibility index (Phi) is 5.95. The quantitative estimate of drug-likeness (QED) is 0.701. The lowest BCUT2D eigenvalue weighted by Crippen LogP contribution is -2.67. The number of piperazine rings is 1. The van der Waals surface area contributed by atoms with E-state index >= 15 is 0 Å². The van der Waals surface area contributed by atoms with Gasteiger partial charge in [-0.3, -0.25) is 14.5 Å². The number of hydrogen-bond donors (Lipinski definition) is 0. The first-order chi connectivity index (χ1) is 14.9. The van der Waals surface area contributed by atoms with E-state index in [1.54, 1.807) is 40.1 Å². The van der Waals surface area contributed by atoms with Crippen LogP contribution in [0.1, 0.15) is 29.5 Å². The number of likely N-dealkylation sites (tertiary alicyclic amines) is 1. The highest BCUT2D eigenvalue weighted by Crippen LogP contribution is 2.36. The lowest BCUT2D eigenvalue weighted by molar-refractivity contribution is -0.155. The van der Waals surface area contributed by atoms with Crippen LogP contribution in [0.4, 0.5) is 8.78 Å². The fourth-order valence-electron chi connectivity index (χ4n) is 4.16. The van der Waals surface area contributed by atoms with Gasteiger partial charge in [0.25, 0.3) is 5.91 Å². The van der Waals surface area contributed by atoms with E-state index < -0.39 is 12.2 Å². The van der Waals surface area contributed by atoms with Gasteiger partial charge < -0.3 is 19.0 Å². The zero-order valence-corrected chi connectivity index (χ0v) is 17.3. The molecule has 2 amide bonds. The standard InChI is InChI=1S/C22H25F2N3O4/c1-22(8-9-27(22)15-16-5-2-3-6-17(16)31-21(23)24)20(29)26-12-10-25(11-13-26)19(28)18-7-4-14-30-18/h2-7,14,21H,8-13,15H2,1H3. The Hall–Kier alpha value is -2.94. The summed E-state index contributed by atoms with van der Waals surface area (Å²) in [4.78, 5) is 31.2. The third-order valence-electron chi connectivity index (χ3n) is 6.16. The van der Waals surface area contributed by atoms with E-state index in [9.17, 15) is 18.4 Å². The van der Waals surface area contributed by atoms with Gasteiger partial charge in [0.15, 0.2) is 5.76 Å².